The molecule has 1 saturated heterocycles. The molecule has 0 radical (unpaired) electrons. The van der Waals surface area contributed by atoms with Crippen LogP contribution < -0.4 is 0 Å². The molecule has 0 amide bonds. The van der Waals surface area contributed by atoms with E-state index in [1.165, 1.54) is 70.6 Å². The molecule has 1 heterocycles. The molecule has 11 heteroatoms. The number of hydrogen-bond acceptors (Lipinski definition) is 10. The maximum Gasteiger partial charge on any atom is 0.335 e. The lowest BCUT2D eigenvalue weighted by atomic mass is 9.99. The predicted molar refractivity (Wildman–Crippen MR) is 229 cm³/mol. The summed E-state index contributed by atoms with van der Waals surface area (Å²) in [5.41, 5.74) is 0. The van der Waals surface area contributed by atoms with E-state index in [-0.39, 0.29) is 26.1 Å². The minimum absolute atomic E-state index is 0.182. The number of allylic oxidation sites excluding steroid dienone is 8. The maximum absolute atomic E-state index is 12.7. The Morgan fingerprint density at radius 2 is 1.02 bits per heavy atom. The Balaban J connectivity index is 2.27. The van der Waals surface area contributed by atoms with Crippen LogP contribution >= 0.6 is 0 Å². The summed E-state index contributed by atoms with van der Waals surface area (Å²) in [4.78, 5) is 36.7. The number of aliphatic carboxylic acids is 1. The first-order valence-corrected chi connectivity index (χ1v) is 22.7. The average molecular weight is 821 g/mol. The molecule has 1 rings (SSSR count). The molecule has 0 saturated carbocycles. The zero-order chi connectivity index (χ0) is 42.5. The number of aliphatic hydroxyl groups is 3. The van der Waals surface area contributed by atoms with Crippen LogP contribution in [0.1, 0.15) is 181 Å². The molecule has 0 aliphatic carbocycles. The number of rotatable bonds is 37. The van der Waals surface area contributed by atoms with Crippen molar-refractivity contribution in [1.29, 1.82) is 0 Å². The second-order valence-electron chi connectivity index (χ2n) is 15.5. The fourth-order valence-electron chi connectivity index (χ4n) is 6.63. The van der Waals surface area contributed by atoms with E-state index in [0.717, 1.165) is 70.6 Å². The van der Waals surface area contributed by atoms with Gasteiger partial charge >= 0.3 is 17.9 Å². The van der Waals surface area contributed by atoms with Gasteiger partial charge in [-0.3, -0.25) is 9.59 Å². The van der Waals surface area contributed by atoms with Gasteiger partial charge in [0.25, 0.3) is 0 Å². The molecular weight excluding hydrogens is 741 g/mol. The van der Waals surface area contributed by atoms with Crippen LogP contribution in [0.4, 0.5) is 0 Å². The predicted octanol–water partition coefficient (Wildman–Crippen LogP) is 9.76. The largest absolute Gasteiger partial charge is 0.479 e. The number of carboxylic acids is 1. The number of aliphatic hydroxyl groups excluding tert-OH is 3. The summed E-state index contributed by atoms with van der Waals surface area (Å²) in [6.07, 6.45) is 34.7. The molecular formula is C47H80O11. The van der Waals surface area contributed by atoms with Crippen molar-refractivity contribution in [3.05, 3.63) is 48.6 Å². The van der Waals surface area contributed by atoms with Crippen LogP contribution in [0.2, 0.25) is 0 Å². The van der Waals surface area contributed by atoms with Gasteiger partial charge in [0.05, 0.1) is 6.61 Å². The molecule has 1 aliphatic rings. The molecule has 58 heavy (non-hydrogen) atoms. The van der Waals surface area contributed by atoms with Gasteiger partial charge in [-0.25, -0.2) is 4.79 Å². The topological polar surface area (TPSA) is 169 Å². The van der Waals surface area contributed by atoms with E-state index in [9.17, 15) is 34.8 Å². The van der Waals surface area contributed by atoms with E-state index < -0.39 is 54.7 Å². The summed E-state index contributed by atoms with van der Waals surface area (Å²) in [5.74, 6) is -2.45. The zero-order valence-electron chi connectivity index (χ0n) is 36.0. The average Bonchev–Trinajstić information content (AvgIpc) is 3.21. The molecule has 1 aliphatic heterocycles. The lowest BCUT2D eigenvalue weighted by Gasteiger charge is -2.38. The third-order valence-corrected chi connectivity index (χ3v) is 10.2. The normalized spacial score (nSPS) is 20.5. The highest BCUT2D eigenvalue weighted by Gasteiger charge is 2.47. The van der Waals surface area contributed by atoms with E-state index in [2.05, 4.69) is 62.5 Å². The van der Waals surface area contributed by atoms with Crippen LogP contribution in [0.25, 0.3) is 0 Å². The Bertz CT molecular complexity index is 1150. The van der Waals surface area contributed by atoms with Crippen molar-refractivity contribution in [2.45, 2.75) is 218 Å². The van der Waals surface area contributed by atoms with Crippen LogP contribution in [-0.2, 0) is 33.3 Å². The quantitative estimate of drug-likeness (QED) is 0.0267. The molecule has 334 valence electrons. The first kappa shape index (κ1) is 53.2. The number of unbranched alkanes of at least 4 members (excludes halogenated alkanes) is 18. The van der Waals surface area contributed by atoms with Crippen molar-refractivity contribution in [2.75, 3.05) is 13.2 Å². The van der Waals surface area contributed by atoms with Gasteiger partial charge in [0.2, 0.25) is 0 Å². The second kappa shape index (κ2) is 37.2. The van der Waals surface area contributed by atoms with Crippen LogP contribution in [0, 0.1) is 0 Å². The third kappa shape index (κ3) is 28.6. The molecule has 4 N–H and O–H groups in total. The Morgan fingerprint density at radius 3 is 1.53 bits per heavy atom. The van der Waals surface area contributed by atoms with Gasteiger partial charge in [-0.05, 0) is 51.4 Å². The van der Waals surface area contributed by atoms with Gasteiger partial charge in [0, 0.05) is 12.8 Å². The van der Waals surface area contributed by atoms with Gasteiger partial charge in [-0.2, -0.15) is 0 Å². The fourth-order valence-corrected chi connectivity index (χ4v) is 6.63. The first-order valence-electron chi connectivity index (χ1n) is 22.7. The summed E-state index contributed by atoms with van der Waals surface area (Å²) in [5, 5.41) is 39.7. The third-order valence-electron chi connectivity index (χ3n) is 10.2. The first-order chi connectivity index (χ1) is 28.2. The summed E-state index contributed by atoms with van der Waals surface area (Å²) >= 11 is 0. The number of carboxylic acid groups (broad SMARTS) is 1. The van der Waals surface area contributed by atoms with Gasteiger partial charge in [0.1, 0.15) is 24.9 Å². The Hall–Kier alpha value is -2.83. The number of esters is 2. The van der Waals surface area contributed by atoms with Crippen molar-refractivity contribution in [1.82, 2.24) is 0 Å². The minimum atomic E-state index is -1.86. The van der Waals surface area contributed by atoms with Crippen LogP contribution in [0.3, 0.4) is 0 Å². The number of ether oxygens (including phenoxy) is 4. The fraction of sp³-hybridized carbons (Fsp3) is 0.766. The van der Waals surface area contributed by atoms with E-state index in [1.807, 2.05) is 0 Å². The van der Waals surface area contributed by atoms with E-state index >= 15 is 0 Å². The number of carbonyl (C=O) groups is 3. The molecule has 11 nitrogen and oxygen atoms in total. The summed E-state index contributed by atoms with van der Waals surface area (Å²) in [6.45, 7) is 3.66. The minimum Gasteiger partial charge on any atom is -0.479 e. The molecule has 0 aromatic rings. The molecule has 0 spiro atoms. The van der Waals surface area contributed by atoms with E-state index in [4.69, 9.17) is 18.9 Å². The number of hydrogen-bond donors (Lipinski definition) is 4. The maximum atomic E-state index is 12.7. The SMILES string of the molecule is CC/C=C\C/C=C\C/C=C\C/C=C\CCCCCCCCCCCCC(=O)OCC(COC1OC(C(=O)O)C(O)C(O)C1O)OC(=O)CCCCCCCCCCC. The van der Waals surface area contributed by atoms with Crippen molar-refractivity contribution >= 4 is 17.9 Å². The monoisotopic (exact) mass is 821 g/mol. The highest BCUT2D eigenvalue weighted by molar-refractivity contribution is 5.73. The van der Waals surface area contributed by atoms with Gasteiger partial charge in [-0.1, -0.05) is 165 Å². The van der Waals surface area contributed by atoms with Crippen LogP contribution in [-0.4, -0.2) is 88.4 Å². The van der Waals surface area contributed by atoms with Crippen molar-refractivity contribution < 1.29 is 53.8 Å². The van der Waals surface area contributed by atoms with Gasteiger partial charge in [0.15, 0.2) is 18.5 Å². The van der Waals surface area contributed by atoms with Crippen molar-refractivity contribution in [3.8, 4) is 0 Å². The Kier molecular flexibility index (Phi) is 34.1. The van der Waals surface area contributed by atoms with Crippen LogP contribution in [0.5, 0.6) is 0 Å². The molecule has 1 fully saturated rings. The van der Waals surface area contributed by atoms with Gasteiger partial charge < -0.3 is 39.4 Å². The number of carbonyl (C=O) groups excluding carboxylic acids is 2. The van der Waals surface area contributed by atoms with Crippen molar-refractivity contribution in [2.24, 2.45) is 0 Å². The second-order valence-corrected chi connectivity index (χ2v) is 15.5. The Labute approximate surface area is 350 Å². The summed E-state index contributed by atoms with van der Waals surface area (Å²) in [6, 6.07) is 0. The van der Waals surface area contributed by atoms with E-state index in [0.29, 0.717) is 12.8 Å². The standard InChI is InChI=1S/C47H80O11/c1-3-5-7-9-11-13-14-15-16-17-18-19-20-21-22-23-24-25-26-28-29-31-33-35-40(48)55-37-39(57-41(49)36-34-32-30-27-12-10-8-6-4-2)38-56-47-44(52)42(50)43(51)45(58-47)46(53)54/h5,7,11,13,15-16,18-19,39,42-45,47,50-52H,3-4,6,8-10,12,14,17,20-38H2,1-2H3,(H,53,54)/b7-5-,13-11-,16-15-,19-18-. The smallest absolute Gasteiger partial charge is 0.335 e. The van der Waals surface area contributed by atoms with Crippen molar-refractivity contribution in [3.63, 3.8) is 0 Å². The Morgan fingerprint density at radius 1 is 0.552 bits per heavy atom. The highest BCUT2D eigenvalue weighted by atomic mass is 16.7. The molecule has 6 atom stereocenters. The zero-order valence-corrected chi connectivity index (χ0v) is 36.0. The summed E-state index contributed by atoms with van der Waals surface area (Å²) < 4.78 is 21.7. The van der Waals surface area contributed by atoms with Gasteiger partial charge in [-0.15, -0.1) is 0 Å². The highest BCUT2D eigenvalue weighted by Crippen LogP contribution is 2.23. The lowest BCUT2D eigenvalue weighted by Crippen LogP contribution is -2.60. The molecule has 6 unspecified atom stereocenters. The molecule has 0 aromatic heterocycles. The van der Waals surface area contributed by atoms with Crippen LogP contribution in [0.15, 0.2) is 48.6 Å². The summed E-state index contributed by atoms with van der Waals surface area (Å²) in [7, 11) is 0. The lowest BCUT2D eigenvalue weighted by molar-refractivity contribution is -0.298. The van der Waals surface area contributed by atoms with E-state index in [1.54, 1.807) is 0 Å². The molecule has 0 aromatic carbocycles. The molecule has 0 bridgehead atoms.